The fourth-order valence-corrected chi connectivity index (χ4v) is 2.09. The Kier molecular flexibility index (Phi) is 5.64. The maximum atomic E-state index is 5.00. The van der Waals surface area contributed by atoms with Gasteiger partial charge in [-0.1, -0.05) is 30.3 Å². The maximum absolute atomic E-state index is 5.00. The van der Waals surface area contributed by atoms with Gasteiger partial charge in [0.15, 0.2) is 5.82 Å². The van der Waals surface area contributed by atoms with Gasteiger partial charge in [-0.2, -0.15) is 0 Å². The highest BCUT2D eigenvalue weighted by Crippen LogP contribution is 2.13. The van der Waals surface area contributed by atoms with Gasteiger partial charge in [-0.15, -0.1) is 5.10 Å². The lowest BCUT2D eigenvalue weighted by Crippen LogP contribution is -2.23. The van der Waals surface area contributed by atoms with E-state index in [1.54, 1.807) is 7.11 Å². The standard InChI is InChI=1S/C14H21N5O/c1-12(10-13-6-4-3-5-7-13)19-14(16-17-18-19)11-15-8-9-20-2/h3-7,12,15H,8-11H2,1-2H3. The lowest BCUT2D eigenvalue weighted by atomic mass is 10.1. The molecule has 6 nitrogen and oxygen atoms in total. The van der Waals surface area contributed by atoms with Crippen LogP contribution in [0.3, 0.4) is 0 Å². The van der Waals surface area contributed by atoms with Gasteiger partial charge in [0.2, 0.25) is 0 Å². The molecule has 0 bridgehead atoms. The number of ether oxygens (including phenoxy) is 1. The Morgan fingerprint density at radius 3 is 2.85 bits per heavy atom. The zero-order valence-electron chi connectivity index (χ0n) is 12.0. The van der Waals surface area contributed by atoms with Crippen LogP contribution in [0.2, 0.25) is 0 Å². The number of tetrazole rings is 1. The molecule has 0 aliphatic carbocycles. The number of hydrogen-bond acceptors (Lipinski definition) is 5. The lowest BCUT2D eigenvalue weighted by molar-refractivity contribution is 0.198. The third-order valence-electron chi connectivity index (χ3n) is 3.12. The molecular weight excluding hydrogens is 254 g/mol. The first kappa shape index (κ1) is 14.6. The van der Waals surface area contributed by atoms with Crippen LogP contribution in [-0.4, -0.2) is 40.5 Å². The van der Waals surface area contributed by atoms with Crippen molar-refractivity contribution in [1.82, 2.24) is 25.5 Å². The highest BCUT2D eigenvalue weighted by atomic mass is 16.5. The Morgan fingerprint density at radius 1 is 1.30 bits per heavy atom. The first-order chi connectivity index (χ1) is 9.81. The fourth-order valence-electron chi connectivity index (χ4n) is 2.09. The fraction of sp³-hybridized carbons (Fsp3) is 0.500. The van der Waals surface area contributed by atoms with E-state index < -0.39 is 0 Å². The molecule has 108 valence electrons. The van der Waals surface area contributed by atoms with Gasteiger partial charge in [0.1, 0.15) is 0 Å². The van der Waals surface area contributed by atoms with Crippen LogP contribution < -0.4 is 5.32 Å². The molecule has 0 fully saturated rings. The van der Waals surface area contributed by atoms with Gasteiger partial charge in [-0.05, 0) is 29.3 Å². The maximum Gasteiger partial charge on any atom is 0.165 e. The van der Waals surface area contributed by atoms with E-state index in [0.717, 1.165) is 18.8 Å². The molecule has 1 unspecified atom stereocenters. The first-order valence-electron chi connectivity index (χ1n) is 6.81. The van der Waals surface area contributed by atoms with Crippen molar-refractivity contribution < 1.29 is 4.74 Å². The molecular formula is C14H21N5O. The number of nitrogens with zero attached hydrogens (tertiary/aromatic N) is 4. The monoisotopic (exact) mass is 275 g/mol. The van der Waals surface area contributed by atoms with Crippen molar-refractivity contribution >= 4 is 0 Å². The second-order valence-corrected chi connectivity index (χ2v) is 4.75. The largest absolute Gasteiger partial charge is 0.383 e. The predicted octanol–water partition coefficient (Wildman–Crippen LogP) is 1.21. The predicted molar refractivity (Wildman–Crippen MR) is 76.3 cm³/mol. The topological polar surface area (TPSA) is 64.9 Å². The summed E-state index contributed by atoms with van der Waals surface area (Å²) < 4.78 is 6.88. The lowest BCUT2D eigenvalue weighted by Gasteiger charge is -2.13. The molecule has 1 aromatic carbocycles. The van der Waals surface area contributed by atoms with Crippen LogP contribution in [0.5, 0.6) is 0 Å². The quantitative estimate of drug-likeness (QED) is 0.734. The van der Waals surface area contributed by atoms with Gasteiger partial charge in [-0.3, -0.25) is 0 Å². The summed E-state index contributed by atoms with van der Waals surface area (Å²) >= 11 is 0. The van der Waals surface area contributed by atoms with Gasteiger partial charge in [-0.25, -0.2) is 4.68 Å². The van der Waals surface area contributed by atoms with Crippen LogP contribution in [0.4, 0.5) is 0 Å². The van der Waals surface area contributed by atoms with Gasteiger partial charge >= 0.3 is 0 Å². The minimum absolute atomic E-state index is 0.228. The summed E-state index contributed by atoms with van der Waals surface area (Å²) in [5.41, 5.74) is 1.29. The minimum atomic E-state index is 0.228. The summed E-state index contributed by atoms with van der Waals surface area (Å²) in [4.78, 5) is 0. The smallest absolute Gasteiger partial charge is 0.165 e. The number of rotatable bonds is 8. The molecule has 0 saturated carbocycles. The van der Waals surface area contributed by atoms with E-state index in [-0.39, 0.29) is 6.04 Å². The minimum Gasteiger partial charge on any atom is -0.383 e. The van der Waals surface area contributed by atoms with E-state index in [1.807, 2.05) is 10.7 Å². The Hall–Kier alpha value is -1.79. The third-order valence-corrected chi connectivity index (χ3v) is 3.12. The third kappa shape index (κ3) is 4.11. The molecule has 1 heterocycles. The molecule has 0 radical (unpaired) electrons. The van der Waals surface area contributed by atoms with Crippen molar-refractivity contribution in [2.75, 3.05) is 20.3 Å². The zero-order valence-corrected chi connectivity index (χ0v) is 12.0. The summed E-state index contributed by atoms with van der Waals surface area (Å²) in [6, 6.07) is 10.6. The Morgan fingerprint density at radius 2 is 2.10 bits per heavy atom. The van der Waals surface area contributed by atoms with Gasteiger partial charge < -0.3 is 10.1 Å². The van der Waals surface area contributed by atoms with Crippen molar-refractivity contribution in [3.8, 4) is 0 Å². The average Bonchev–Trinajstić information content (AvgIpc) is 2.93. The van der Waals surface area contributed by atoms with E-state index in [4.69, 9.17) is 4.74 Å². The van der Waals surface area contributed by atoms with Crippen LogP contribution in [0, 0.1) is 0 Å². The normalized spacial score (nSPS) is 12.5. The number of aromatic nitrogens is 4. The van der Waals surface area contributed by atoms with Gasteiger partial charge in [0.25, 0.3) is 0 Å². The van der Waals surface area contributed by atoms with Crippen molar-refractivity contribution in [2.45, 2.75) is 25.9 Å². The van der Waals surface area contributed by atoms with Crippen LogP contribution in [0.15, 0.2) is 30.3 Å². The van der Waals surface area contributed by atoms with Crippen molar-refractivity contribution in [2.24, 2.45) is 0 Å². The molecule has 0 aliphatic heterocycles. The number of nitrogens with one attached hydrogen (secondary N) is 1. The second-order valence-electron chi connectivity index (χ2n) is 4.75. The molecule has 0 aliphatic rings. The summed E-state index contributed by atoms with van der Waals surface area (Å²) in [5.74, 6) is 0.851. The average molecular weight is 275 g/mol. The van der Waals surface area contributed by atoms with Crippen LogP contribution in [0.1, 0.15) is 24.4 Å². The summed E-state index contributed by atoms with van der Waals surface area (Å²) in [7, 11) is 1.69. The van der Waals surface area contributed by atoms with Crippen molar-refractivity contribution in [1.29, 1.82) is 0 Å². The molecule has 1 N–H and O–H groups in total. The van der Waals surface area contributed by atoms with E-state index in [1.165, 1.54) is 5.56 Å². The zero-order chi connectivity index (χ0) is 14.2. The Labute approximate surface area is 119 Å². The second kappa shape index (κ2) is 7.72. The number of hydrogen-bond donors (Lipinski definition) is 1. The van der Waals surface area contributed by atoms with Gasteiger partial charge in [0.05, 0.1) is 19.2 Å². The molecule has 1 aromatic heterocycles. The van der Waals surface area contributed by atoms with E-state index in [9.17, 15) is 0 Å². The molecule has 0 saturated heterocycles. The van der Waals surface area contributed by atoms with Crippen LogP contribution >= 0.6 is 0 Å². The highest BCUT2D eigenvalue weighted by Gasteiger charge is 2.13. The van der Waals surface area contributed by atoms with Crippen molar-refractivity contribution in [3.05, 3.63) is 41.7 Å². The van der Waals surface area contributed by atoms with E-state index in [2.05, 4.69) is 52.0 Å². The number of methoxy groups -OCH3 is 1. The molecule has 2 aromatic rings. The molecule has 1 atom stereocenters. The first-order valence-corrected chi connectivity index (χ1v) is 6.81. The highest BCUT2D eigenvalue weighted by molar-refractivity contribution is 5.15. The van der Waals surface area contributed by atoms with Crippen LogP contribution in [-0.2, 0) is 17.7 Å². The summed E-state index contributed by atoms with van der Waals surface area (Å²) in [6.07, 6.45) is 0.914. The van der Waals surface area contributed by atoms with Crippen molar-refractivity contribution in [3.63, 3.8) is 0 Å². The summed E-state index contributed by atoms with van der Waals surface area (Å²) in [5, 5.41) is 15.2. The van der Waals surface area contributed by atoms with Crippen LogP contribution in [0.25, 0.3) is 0 Å². The molecule has 6 heteroatoms. The number of benzene rings is 1. The molecule has 0 spiro atoms. The van der Waals surface area contributed by atoms with E-state index >= 15 is 0 Å². The van der Waals surface area contributed by atoms with Gasteiger partial charge in [0, 0.05) is 13.7 Å². The summed E-state index contributed by atoms with van der Waals surface area (Å²) in [6.45, 7) is 4.25. The Balaban J connectivity index is 1.93. The molecule has 20 heavy (non-hydrogen) atoms. The Bertz CT molecular complexity index is 499. The molecule has 0 amide bonds. The van der Waals surface area contributed by atoms with E-state index in [0.29, 0.717) is 13.2 Å². The SMILES string of the molecule is COCCNCc1nnnn1C(C)Cc1ccccc1. The molecule has 2 rings (SSSR count).